The number of hydrogen-bond donors (Lipinski definition) is 0. The molecule has 0 atom stereocenters. The molecule has 2 aromatic carbocycles. The van der Waals surface area contributed by atoms with Gasteiger partial charge in [0.1, 0.15) is 11.3 Å². The molecule has 160 valence electrons. The van der Waals surface area contributed by atoms with Crippen LogP contribution in [-0.4, -0.2) is 33.2 Å². The van der Waals surface area contributed by atoms with Crippen LogP contribution in [0.1, 0.15) is 12.0 Å². The van der Waals surface area contributed by atoms with Crippen LogP contribution in [0.3, 0.4) is 0 Å². The molecule has 0 unspecified atom stereocenters. The van der Waals surface area contributed by atoms with Crippen LogP contribution in [0.15, 0.2) is 60.0 Å². The number of imidazole rings is 1. The van der Waals surface area contributed by atoms with Crippen LogP contribution in [-0.2, 0) is 17.8 Å². The maximum Gasteiger partial charge on any atom is 0.233 e. The Morgan fingerprint density at radius 1 is 1.23 bits per heavy atom. The Morgan fingerprint density at radius 2 is 2.03 bits per heavy atom. The summed E-state index contributed by atoms with van der Waals surface area (Å²) in [6, 6.07) is 9.87. The fourth-order valence-electron chi connectivity index (χ4n) is 3.23. The predicted octanol–water partition coefficient (Wildman–Crippen LogP) is 5.16. The van der Waals surface area contributed by atoms with E-state index in [4.69, 9.17) is 0 Å². The third kappa shape index (κ3) is 5.11. The molecule has 4 aromatic rings. The van der Waals surface area contributed by atoms with Crippen molar-refractivity contribution in [2.75, 3.05) is 17.7 Å². The third-order valence-corrected chi connectivity index (χ3v) is 6.57. The highest BCUT2D eigenvalue weighted by Crippen LogP contribution is 2.31. The molecule has 0 spiro atoms. The molecule has 0 aliphatic rings. The minimum Gasteiger partial charge on any atom is -0.337 e. The van der Waals surface area contributed by atoms with Gasteiger partial charge in [-0.05, 0) is 36.4 Å². The van der Waals surface area contributed by atoms with Gasteiger partial charge in [0.25, 0.3) is 0 Å². The number of halogens is 2. The zero-order valence-corrected chi connectivity index (χ0v) is 18.4. The van der Waals surface area contributed by atoms with Crippen LogP contribution < -0.4 is 4.90 Å². The number of aryl methyl sites for hydroxylation is 1. The molecule has 4 rings (SSSR count). The topological polar surface area (TPSA) is 51.0 Å². The summed E-state index contributed by atoms with van der Waals surface area (Å²) in [6.45, 7) is 1.09. The molecule has 0 saturated heterocycles. The van der Waals surface area contributed by atoms with Gasteiger partial charge in [0.05, 0.1) is 17.4 Å². The first kappa shape index (κ1) is 21.5. The van der Waals surface area contributed by atoms with E-state index in [0.29, 0.717) is 29.3 Å². The lowest BCUT2D eigenvalue weighted by atomic mass is 10.1. The molecular weight excluding hydrogens is 438 g/mol. The molecule has 0 fully saturated rings. The maximum absolute atomic E-state index is 14.2. The van der Waals surface area contributed by atoms with E-state index < -0.39 is 11.6 Å². The van der Waals surface area contributed by atoms with Crippen LogP contribution in [0.25, 0.3) is 10.2 Å². The Bertz CT molecular complexity index is 1180. The molecular formula is C22H20F2N4OS2. The molecule has 0 radical (unpaired) electrons. The second-order valence-electron chi connectivity index (χ2n) is 6.96. The van der Waals surface area contributed by atoms with E-state index in [0.717, 1.165) is 27.9 Å². The van der Waals surface area contributed by atoms with Gasteiger partial charge in [-0.1, -0.05) is 23.5 Å². The van der Waals surface area contributed by atoms with Gasteiger partial charge in [-0.2, -0.15) is 0 Å². The average Bonchev–Trinajstić information content (AvgIpc) is 3.41. The van der Waals surface area contributed by atoms with Gasteiger partial charge in [0.15, 0.2) is 10.9 Å². The van der Waals surface area contributed by atoms with E-state index >= 15 is 0 Å². The summed E-state index contributed by atoms with van der Waals surface area (Å²) in [5.74, 6) is -1.52. The highest BCUT2D eigenvalue weighted by atomic mass is 32.2. The number of fused-ring (bicyclic) bond motifs is 1. The van der Waals surface area contributed by atoms with Crippen molar-refractivity contribution in [1.29, 1.82) is 0 Å². The zero-order chi connectivity index (χ0) is 21.8. The summed E-state index contributed by atoms with van der Waals surface area (Å²) in [5, 5.41) is 0.371. The van der Waals surface area contributed by atoms with Gasteiger partial charge in [0, 0.05) is 36.4 Å². The van der Waals surface area contributed by atoms with Crippen molar-refractivity contribution in [3.8, 4) is 0 Å². The number of hydrogen-bond acceptors (Lipinski definition) is 5. The zero-order valence-electron chi connectivity index (χ0n) is 16.8. The largest absolute Gasteiger partial charge is 0.337 e. The molecule has 1 amide bonds. The van der Waals surface area contributed by atoms with E-state index in [1.165, 1.54) is 6.07 Å². The summed E-state index contributed by atoms with van der Waals surface area (Å²) in [4.78, 5) is 24.2. The van der Waals surface area contributed by atoms with Crippen LogP contribution >= 0.6 is 23.1 Å². The lowest BCUT2D eigenvalue weighted by Crippen LogP contribution is -2.33. The Hall–Kier alpha value is -2.78. The smallest absolute Gasteiger partial charge is 0.233 e. The van der Waals surface area contributed by atoms with Gasteiger partial charge in [-0.15, -0.1) is 11.8 Å². The average molecular weight is 459 g/mol. The van der Waals surface area contributed by atoms with Gasteiger partial charge < -0.3 is 4.57 Å². The summed E-state index contributed by atoms with van der Waals surface area (Å²) >= 11 is 2.76. The van der Waals surface area contributed by atoms with E-state index in [9.17, 15) is 13.6 Å². The van der Waals surface area contributed by atoms with Crippen LogP contribution in [0.2, 0.25) is 0 Å². The molecule has 31 heavy (non-hydrogen) atoms. The fourth-order valence-corrected chi connectivity index (χ4v) is 4.69. The third-order valence-electron chi connectivity index (χ3n) is 4.81. The number of thiazole rings is 1. The molecule has 0 saturated carbocycles. The Morgan fingerprint density at radius 3 is 2.74 bits per heavy atom. The molecule has 0 bridgehead atoms. The van der Waals surface area contributed by atoms with Crippen LogP contribution in [0.5, 0.6) is 0 Å². The van der Waals surface area contributed by atoms with Gasteiger partial charge in [0.2, 0.25) is 5.91 Å². The second-order valence-corrected chi connectivity index (χ2v) is 8.84. The predicted molar refractivity (Wildman–Crippen MR) is 121 cm³/mol. The van der Waals surface area contributed by atoms with Gasteiger partial charge in [-0.25, -0.2) is 18.7 Å². The first-order valence-corrected chi connectivity index (χ1v) is 11.7. The van der Waals surface area contributed by atoms with Crippen molar-refractivity contribution >= 4 is 44.4 Å². The lowest BCUT2D eigenvalue weighted by Gasteiger charge is -2.20. The Kier molecular flexibility index (Phi) is 6.62. The standard InChI is InChI=1S/C22H20F2N4OS2/c1-30-17-5-3-15(4-6-17)11-20(29)28(9-2-8-27-10-7-25-14-27)22-26-21-18(24)12-16(23)13-19(21)31-22/h3-7,10,12-14H,2,8-9,11H2,1H3. The number of carbonyl (C=O) groups is 1. The molecule has 0 N–H and O–H groups in total. The first-order chi connectivity index (χ1) is 15.0. The van der Waals surface area contributed by atoms with Crippen LogP contribution in [0, 0.1) is 11.6 Å². The van der Waals surface area contributed by atoms with Crippen molar-refractivity contribution in [2.24, 2.45) is 0 Å². The normalized spacial score (nSPS) is 11.2. The van der Waals surface area contributed by atoms with Crippen molar-refractivity contribution in [3.63, 3.8) is 0 Å². The number of thioether (sulfide) groups is 1. The highest BCUT2D eigenvalue weighted by Gasteiger charge is 2.21. The van der Waals surface area contributed by atoms with E-state index in [1.54, 1.807) is 29.2 Å². The first-order valence-electron chi connectivity index (χ1n) is 9.68. The summed E-state index contributed by atoms with van der Waals surface area (Å²) < 4.78 is 30.1. The minimum absolute atomic E-state index is 0.0816. The molecule has 9 heteroatoms. The van der Waals surface area contributed by atoms with Crippen molar-refractivity contribution in [2.45, 2.75) is 24.3 Å². The molecule has 0 aliphatic carbocycles. The quantitative estimate of drug-likeness (QED) is 0.342. The highest BCUT2D eigenvalue weighted by molar-refractivity contribution is 7.98. The SMILES string of the molecule is CSc1ccc(CC(=O)N(CCCn2ccnc2)c2nc3c(F)cc(F)cc3s2)cc1. The second kappa shape index (κ2) is 9.57. The lowest BCUT2D eigenvalue weighted by molar-refractivity contribution is -0.118. The minimum atomic E-state index is -0.726. The number of benzene rings is 2. The van der Waals surface area contributed by atoms with Crippen molar-refractivity contribution < 1.29 is 13.6 Å². The maximum atomic E-state index is 14.2. The number of anilines is 1. The fraction of sp³-hybridized carbons (Fsp3) is 0.227. The number of nitrogens with zero attached hydrogens (tertiary/aromatic N) is 4. The van der Waals surface area contributed by atoms with Crippen molar-refractivity contribution in [3.05, 3.63) is 72.3 Å². The summed E-state index contributed by atoms with van der Waals surface area (Å²) in [7, 11) is 0. The van der Waals surface area contributed by atoms with Crippen LogP contribution in [0.4, 0.5) is 13.9 Å². The molecule has 2 aromatic heterocycles. The summed E-state index contributed by atoms with van der Waals surface area (Å²) in [5.41, 5.74) is 0.971. The number of carbonyl (C=O) groups excluding carboxylic acids is 1. The Labute approximate surface area is 186 Å². The van der Waals surface area contributed by atoms with Crippen molar-refractivity contribution in [1.82, 2.24) is 14.5 Å². The molecule has 5 nitrogen and oxygen atoms in total. The number of amides is 1. The monoisotopic (exact) mass is 458 g/mol. The number of aromatic nitrogens is 3. The Balaban J connectivity index is 1.58. The van der Waals surface area contributed by atoms with Gasteiger partial charge >= 0.3 is 0 Å². The van der Waals surface area contributed by atoms with Gasteiger partial charge in [-0.3, -0.25) is 9.69 Å². The number of rotatable bonds is 8. The van der Waals surface area contributed by atoms with E-state index in [1.807, 2.05) is 41.3 Å². The molecule has 2 heterocycles. The summed E-state index contributed by atoms with van der Waals surface area (Å²) in [6.07, 6.45) is 8.14. The molecule has 0 aliphatic heterocycles. The van der Waals surface area contributed by atoms with E-state index in [-0.39, 0.29) is 17.8 Å². The van der Waals surface area contributed by atoms with E-state index in [2.05, 4.69) is 9.97 Å².